The number of nitrogen functional groups attached to an aromatic ring is 1. The summed E-state index contributed by atoms with van der Waals surface area (Å²) in [5.41, 5.74) is 7.15. The van der Waals surface area contributed by atoms with Crippen LogP contribution >= 0.6 is 0 Å². The zero-order valence-corrected chi connectivity index (χ0v) is 15.7. The second-order valence-electron chi connectivity index (χ2n) is 6.90. The normalized spacial score (nSPS) is 11.7. The lowest BCUT2D eigenvalue weighted by molar-refractivity contribution is 0.0826. The number of H-pyrrole nitrogens is 2. The topological polar surface area (TPSA) is 110 Å². The number of fused-ring (bicyclic) bond motifs is 4. The average Bonchev–Trinajstić information content (AvgIpc) is 3.25. The van der Waals surface area contributed by atoms with E-state index in [1.807, 2.05) is 0 Å². The molecule has 5 rings (SSSR count). The maximum Gasteiger partial charge on any atom is 0.272 e. The number of alkyl halides is 2. The zero-order chi connectivity index (χ0) is 21.7. The highest BCUT2D eigenvalue weighted by Crippen LogP contribution is 2.40. The third-order valence-corrected chi connectivity index (χ3v) is 5.08. The predicted molar refractivity (Wildman–Crippen MR) is 111 cm³/mol. The van der Waals surface area contributed by atoms with Gasteiger partial charge in [0.15, 0.2) is 0 Å². The van der Waals surface area contributed by atoms with Crippen molar-refractivity contribution in [3.63, 3.8) is 0 Å². The van der Waals surface area contributed by atoms with Crippen LogP contribution in [0.3, 0.4) is 0 Å². The van der Waals surface area contributed by atoms with E-state index in [0.29, 0.717) is 38.3 Å². The number of benzene rings is 2. The van der Waals surface area contributed by atoms with Gasteiger partial charge in [0, 0.05) is 27.9 Å². The largest absolute Gasteiger partial charge is 0.485 e. The summed E-state index contributed by atoms with van der Waals surface area (Å²) in [7, 11) is 0. The number of nitrogens with two attached hydrogens (primary N) is 1. The highest BCUT2D eigenvalue weighted by molar-refractivity contribution is 6.15. The van der Waals surface area contributed by atoms with E-state index in [1.165, 1.54) is 30.6 Å². The molecule has 0 aliphatic heterocycles. The van der Waals surface area contributed by atoms with Crippen LogP contribution < -0.4 is 16.0 Å². The molecule has 0 saturated heterocycles. The number of hydrogen-bond acceptors (Lipinski definition) is 5. The second kappa shape index (κ2) is 7.01. The van der Waals surface area contributed by atoms with Crippen molar-refractivity contribution in [2.45, 2.75) is 6.43 Å². The summed E-state index contributed by atoms with van der Waals surface area (Å²) in [6.07, 6.45) is 0.239. The molecule has 0 bridgehead atoms. The molecule has 0 fully saturated rings. The minimum Gasteiger partial charge on any atom is -0.485 e. The number of nitrogens with zero attached hydrogens (tertiary/aromatic N) is 2. The number of pyridine rings is 2. The van der Waals surface area contributed by atoms with Gasteiger partial charge in [0.2, 0.25) is 0 Å². The van der Waals surface area contributed by atoms with Crippen molar-refractivity contribution in [2.75, 3.05) is 12.3 Å². The molecule has 0 spiro atoms. The summed E-state index contributed by atoms with van der Waals surface area (Å²) < 4.78 is 45.1. The number of aromatic amines is 2. The molecule has 4 N–H and O–H groups in total. The number of ether oxygens (including phenoxy) is 1. The van der Waals surface area contributed by atoms with Gasteiger partial charge in [0.25, 0.3) is 12.0 Å². The molecule has 0 atom stereocenters. The summed E-state index contributed by atoms with van der Waals surface area (Å²) in [5, 5.41) is 7.82. The summed E-state index contributed by atoms with van der Waals surface area (Å²) in [4.78, 5) is 19.6. The summed E-state index contributed by atoms with van der Waals surface area (Å²) >= 11 is 0. The molecular formula is C21H14F3N5O2. The number of aromatic nitrogens is 4. The molecular weight excluding hydrogens is 411 g/mol. The van der Waals surface area contributed by atoms with Crippen LogP contribution in [0.2, 0.25) is 0 Å². The minimum atomic E-state index is -2.68. The standard InChI is InChI=1S/C21H14F3N5O2/c22-13-4-3-9(12-7-27-29-19(12)13)16-11-6-14(31-8-15(23)24)20-10(2-1-5-26-20)18(11)28-21(30)17(16)25/h1-7,15H,8,25H2,(H,27,29)(H,28,30). The molecule has 31 heavy (non-hydrogen) atoms. The molecule has 0 aliphatic carbocycles. The van der Waals surface area contributed by atoms with Gasteiger partial charge in [-0.1, -0.05) is 6.07 Å². The van der Waals surface area contributed by atoms with Crippen LogP contribution in [0.4, 0.5) is 18.9 Å². The monoisotopic (exact) mass is 425 g/mol. The molecule has 5 aromatic rings. The van der Waals surface area contributed by atoms with Gasteiger partial charge in [-0.15, -0.1) is 0 Å². The Bertz CT molecular complexity index is 1530. The van der Waals surface area contributed by atoms with Gasteiger partial charge in [-0.25, -0.2) is 13.2 Å². The zero-order valence-electron chi connectivity index (χ0n) is 15.7. The third-order valence-electron chi connectivity index (χ3n) is 5.08. The molecule has 0 saturated carbocycles. The van der Waals surface area contributed by atoms with Crippen molar-refractivity contribution < 1.29 is 17.9 Å². The SMILES string of the molecule is Nc1c(-c2ccc(F)c3[nH]ncc23)c2cc(OCC(F)F)c3ncccc3c2[nH]c1=O. The molecule has 0 radical (unpaired) electrons. The van der Waals surface area contributed by atoms with Gasteiger partial charge in [-0.05, 0) is 29.8 Å². The lowest BCUT2D eigenvalue weighted by Gasteiger charge is -2.15. The molecule has 7 nitrogen and oxygen atoms in total. The van der Waals surface area contributed by atoms with E-state index >= 15 is 0 Å². The van der Waals surface area contributed by atoms with E-state index in [2.05, 4.69) is 20.2 Å². The van der Waals surface area contributed by atoms with E-state index in [0.717, 1.165) is 0 Å². The molecule has 0 amide bonds. The van der Waals surface area contributed by atoms with Gasteiger partial charge < -0.3 is 15.5 Å². The first-order valence-electron chi connectivity index (χ1n) is 9.21. The molecule has 156 valence electrons. The lowest BCUT2D eigenvalue weighted by Crippen LogP contribution is -2.14. The predicted octanol–water partition coefficient (Wildman–Crippen LogP) is 3.98. The maximum atomic E-state index is 14.2. The van der Waals surface area contributed by atoms with E-state index in [-0.39, 0.29) is 17.0 Å². The van der Waals surface area contributed by atoms with Gasteiger partial charge in [0.05, 0.1) is 11.7 Å². The number of nitrogens with one attached hydrogen (secondary N) is 2. The second-order valence-corrected chi connectivity index (χ2v) is 6.90. The quantitative estimate of drug-likeness (QED) is 0.377. The van der Waals surface area contributed by atoms with Crippen molar-refractivity contribution in [3.8, 4) is 16.9 Å². The van der Waals surface area contributed by atoms with Crippen LogP contribution in [0, 0.1) is 5.82 Å². The molecule has 10 heteroatoms. The van der Waals surface area contributed by atoms with Crippen LogP contribution in [0.15, 0.2) is 47.5 Å². The van der Waals surface area contributed by atoms with Gasteiger partial charge in [0.1, 0.15) is 34.9 Å². The van der Waals surface area contributed by atoms with E-state index < -0.39 is 24.4 Å². The first-order valence-corrected chi connectivity index (χ1v) is 9.21. The minimum absolute atomic E-state index is 0.107. The Balaban J connectivity index is 1.92. The number of rotatable bonds is 4. The van der Waals surface area contributed by atoms with Crippen LogP contribution in [-0.4, -0.2) is 33.2 Å². The van der Waals surface area contributed by atoms with Crippen molar-refractivity contribution in [1.82, 2.24) is 20.2 Å². The van der Waals surface area contributed by atoms with Gasteiger partial charge in [-0.3, -0.25) is 14.9 Å². The van der Waals surface area contributed by atoms with Crippen LogP contribution in [0.1, 0.15) is 0 Å². The fraction of sp³-hybridized carbons (Fsp3) is 0.0952. The summed E-state index contributed by atoms with van der Waals surface area (Å²) in [6.45, 7) is -0.826. The Morgan fingerprint density at radius 1 is 1.13 bits per heavy atom. The highest BCUT2D eigenvalue weighted by Gasteiger charge is 2.20. The first kappa shape index (κ1) is 18.9. The van der Waals surface area contributed by atoms with Crippen molar-refractivity contribution in [1.29, 1.82) is 0 Å². The van der Waals surface area contributed by atoms with Crippen LogP contribution in [-0.2, 0) is 0 Å². The Labute approximate surface area is 171 Å². The fourth-order valence-corrected chi connectivity index (χ4v) is 3.76. The molecule has 0 unspecified atom stereocenters. The van der Waals surface area contributed by atoms with Crippen LogP contribution in [0.25, 0.3) is 43.8 Å². The molecule has 0 aliphatic rings. The van der Waals surface area contributed by atoms with E-state index in [1.54, 1.807) is 12.1 Å². The Hall–Kier alpha value is -4.08. The number of halogens is 3. The smallest absolute Gasteiger partial charge is 0.272 e. The fourth-order valence-electron chi connectivity index (χ4n) is 3.76. The van der Waals surface area contributed by atoms with Crippen molar-refractivity contribution in [3.05, 3.63) is 58.9 Å². The molecule has 2 aromatic carbocycles. The van der Waals surface area contributed by atoms with Crippen LogP contribution in [0.5, 0.6) is 5.75 Å². The number of hydrogen-bond donors (Lipinski definition) is 3. The molecule has 3 heterocycles. The first-order chi connectivity index (χ1) is 15.0. The molecule has 3 aromatic heterocycles. The van der Waals surface area contributed by atoms with Crippen molar-refractivity contribution >= 4 is 38.4 Å². The Kier molecular flexibility index (Phi) is 4.28. The Morgan fingerprint density at radius 2 is 1.97 bits per heavy atom. The summed E-state index contributed by atoms with van der Waals surface area (Å²) in [6, 6.07) is 7.57. The van der Waals surface area contributed by atoms with E-state index in [9.17, 15) is 18.0 Å². The highest BCUT2D eigenvalue weighted by atomic mass is 19.3. The van der Waals surface area contributed by atoms with Gasteiger partial charge >= 0.3 is 0 Å². The third kappa shape index (κ3) is 2.95. The van der Waals surface area contributed by atoms with Gasteiger partial charge in [-0.2, -0.15) is 5.10 Å². The van der Waals surface area contributed by atoms with E-state index in [4.69, 9.17) is 10.5 Å². The lowest BCUT2D eigenvalue weighted by atomic mass is 9.95. The average molecular weight is 425 g/mol. The number of anilines is 1. The van der Waals surface area contributed by atoms with Crippen molar-refractivity contribution in [2.24, 2.45) is 0 Å². The maximum absolute atomic E-state index is 14.2. The Morgan fingerprint density at radius 3 is 2.77 bits per heavy atom. The summed E-state index contributed by atoms with van der Waals surface area (Å²) in [5.74, 6) is -0.402.